The van der Waals surface area contributed by atoms with E-state index in [2.05, 4.69) is 0 Å². The van der Waals surface area contributed by atoms with E-state index in [0.717, 1.165) is 0 Å². The molecule has 4 atom stereocenters. The lowest BCUT2D eigenvalue weighted by atomic mass is 9.57. The van der Waals surface area contributed by atoms with Gasteiger partial charge in [0.2, 0.25) is 0 Å². The molecule has 1 aliphatic rings. The minimum atomic E-state index is -1.46. The highest BCUT2D eigenvalue weighted by molar-refractivity contribution is 5.21. The van der Waals surface area contributed by atoms with Crippen molar-refractivity contribution >= 4 is 0 Å². The molecule has 4 N–H and O–H groups in total. The van der Waals surface area contributed by atoms with Gasteiger partial charge < -0.3 is 20.4 Å². The smallest absolute Gasteiger partial charge is 0.116 e. The predicted octanol–water partition coefficient (Wildman–Crippen LogP) is 0.586. The maximum absolute atomic E-state index is 10.7. The Labute approximate surface area is 103 Å². The molecule has 0 aromatic heterocycles. The van der Waals surface area contributed by atoms with Crippen LogP contribution >= 0.6 is 0 Å². The first-order valence-electron chi connectivity index (χ1n) is 6.02. The molecule has 0 spiro atoms. The third-order valence-electron chi connectivity index (χ3n) is 3.85. The third-order valence-corrected chi connectivity index (χ3v) is 3.85. The molecule has 1 rings (SSSR count). The quantitative estimate of drug-likeness (QED) is 0.536. The number of rotatable bonds is 2. The number of hydrogen-bond acceptors (Lipinski definition) is 4. The molecule has 1 aliphatic carbocycles. The van der Waals surface area contributed by atoms with Crippen molar-refractivity contribution in [2.45, 2.75) is 63.9 Å². The molecular weight excluding hydrogens is 220 g/mol. The number of aliphatic hydroxyl groups is 4. The van der Waals surface area contributed by atoms with Gasteiger partial charge >= 0.3 is 0 Å². The van der Waals surface area contributed by atoms with Gasteiger partial charge in [-0.15, -0.1) is 0 Å². The fourth-order valence-electron chi connectivity index (χ4n) is 2.84. The molecule has 1 fully saturated rings. The van der Waals surface area contributed by atoms with Gasteiger partial charge in [0.25, 0.3) is 0 Å². The monoisotopic (exact) mass is 244 g/mol. The van der Waals surface area contributed by atoms with Gasteiger partial charge in [0, 0.05) is 11.8 Å². The highest BCUT2D eigenvalue weighted by Crippen LogP contribution is 2.50. The fourth-order valence-corrected chi connectivity index (χ4v) is 2.84. The molecule has 0 aromatic carbocycles. The van der Waals surface area contributed by atoms with Crippen LogP contribution in [0.15, 0.2) is 12.2 Å². The van der Waals surface area contributed by atoms with Crippen LogP contribution in [-0.2, 0) is 0 Å². The van der Waals surface area contributed by atoms with Crippen molar-refractivity contribution in [1.82, 2.24) is 0 Å². The maximum atomic E-state index is 10.7. The molecular formula is C13H24O4. The van der Waals surface area contributed by atoms with E-state index in [9.17, 15) is 20.4 Å². The van der Waals surface area contributed by atoms with Crippen LogP contribution in [0.3, 0.4) is 0 Å². The lowest BCUT2D eigenvalue weighted by molar-refractivity contribution is -0.217. The van der Waals surface area contributed by atoms with E-state index in [4.69, 9.17) is 0 Å². The van der Waals surface area contributed by atoms with Crippen LogP contribution in [0, 0.1) is 5.41 Å². The minimum Gasteiger partial charge on any atom is -0.393 e. The zero-order valence-corrected chi connectivity index (χ0v) is 11.0. The summed E-state index contributed by atoms with van der Waals surface area (Å²) in [6.45, 7) is 6.70. The second-order valence-corrected chi connectivity index (χ2v) is 6.09. The topological polar surface area (TPSA) is 80.9 Å². The van der Waals surface area contributed by atoms with Gasteiger partial charge in [-0.2, -0.15) is 0 Å². The first-order valence-corrected chi connectivity index (χ1v) is 6.02. The summed E-state index contributed by atoms with van der Waals surface area (Å²) in [6.07, 6.45) is 2.15. The summed E-state index contributed by atoms with van der Waals surface area (Å²) in [7, 11) is 0. The van der Waals surface area contributed by atoms with Gasteiger partial charge in [-0.05, 0) is 20.3 Å². The van der Waals surface area contributed by atoms with Gasteiger partial charge in [0.1, 0.15) is 5.60 Å². The van der Waals surface area contributed by atoms with Crippen LogP contribution in [0.2, 0.25) is 0 Å². The molecule has 0 heterocycles. The number of hydrogen-bond donors (Lipinski definition) is 4. The Balaban J connectivity index is 3.15. The molecule has 0 aromatic rings. The molecule has 100 valence electrons. The van der Waals surface area contributed by atoms with E-state index in [1.165, 1.54) is 19.1 Å². The molecule has 17 heavy (non-hydrogen) atoms. The molecule has 1 saturated carbocycles. The zero-order chi connectivity index (χ0) is 13.5. The Morgan fingerprint density at radius 1 is 1.18 bits per heavy atom. The van der Waals surface area contributed by atoms with E-state index < -0.39 is 28.8 Å². The Kier molecular flexibility index (Phi) is 3.75. The minimum absolute atomic E-state index is 0.122. The Bertz CT molecular complexity index is 287. The highest BCUT2D eigenvalue weighted by atomic mass is 16.4. The average Bonchev–Trinajstić information content (AvgIpc) is 2.09. The van der Waals surface area contributed by atoms with E-state index in [-0.39, 0.29) is 6.42 Å². The van der Waals surface area contributed by atoms with E-state index >= 15 is 0 Å². The van der Waals surface area contributed by atoms with Crippen molar-refractivity contribution in [3.05, 3.63) is 12.2 Å². The Hall–Kier alpha value is -0.420. The van der Waals surface area contributed by atoms with Crippen molar-refractivity contribution in [2.75, 3.05) is 0 Å². The standard InChI is InChI=1S/C13H24O4/c1-9(14)5-6-13(17)11(2,3)7-10(15)8-12(13,4)16/h5-6,9-10,14-17H,7-8H2,1-4H3/t9-,10-,12+,13+/m0/s1. The van der Waals surface area contributed by atoms with Gasteiger partial charge in [-0.1, -0.05) is 26.0 Å². The molecule has 0 aliphatic heterocycles. The van der Waals surface area contributed by atoms with E-state index in [1.807, 2.05) is 0 Å². The molecule has 0 radical (unpaired) electrons. The van der Waals surface area contributed by atoms with Gasteiger partial charge in [0.05, 0.1) is 17.8 Å². The summed E-state index contributed by atoms with van der Waals surface area (Å²) in [5.41, 5.74) is -3.55. The second kappa shape index (κ2) is 4.35. The maximum Gasteiger partial charge on any atom is 0.116 e. The third kappa shape index (κ3) is 2.55. The van der Waals surface area contributed by atoms with Crippen molar-refractivity contribution in [3.8, 4) is 0 Å². The summed E-state index contributed by atoms with van der Waals surface area (Å²) in [6, 6.07) is 0. The largest absolute Gasteiger partial charge is 0.393 e. The fraction of sp³-hybridized carbons (Fsp3) is 0.846. The normalized spacial score (nSPS) is 43.9. The summed E-state index contributed by atoms with van der Waals surface area (Å²) >= 11 is 0. The molecule has 0 saturated heterocycles. The SMILES string of the molecule is C[C@H](O)C=C[C@@]1(O)C(C)(C)C[C@H](O)C[C@@]1(C)O. The summed E-state index contributed by atoms with van der Waals surface area (Å²) in [5.74, 6) is 0. The lowest BCUT2D eigenvalue weighted by Gasteiger charge is -2.54. The van der Waals surface area contributed by atoms with Crippen LogP contribution in [0.25, 0.3) is 0 Å². The molecule has 0 unspecified atom stereocenters. The Morgan fingerprint density at radius 2 is 1.71 bits per heavy atom. The van der Waals surface area contributed by atoms with Crippen LogP contribution in [0.5, 0.6) is 0 Å². The average molecular weight is 244 g/mol. The van der Waals surface area contributed by atoms with E-state index in [1.54, 1.807) is 20.8 Å². The van der Waals surface area contributed by atoms with Crippen LogP contribution in [0.1, 0.15) is 40.5 Å². The molecule has 4 heteroatoms. The van der Waals surface area contributed by atoms with Crippen molar-refractivity contribution in [3.63, 3.8) is 0 Å². The summed E-state index contributed by atoms with van der Waals surface area (Å²) < 4.78 is 0. The summed E-state index contributed by atoms with van der Waals surface area (Å²) in [5, 5.41) is 40.1. The predicted molar refractivity (Wildman–Crippen MR) is 65.4 cm³/mol. The Morgan fingerprint density at radius 3 is 2.12 bits per heavy atom. The van der Waals surface area contributed by atoms with Crippen molar-refractivity contribution in [1.29, 1.82) is 0 Å². The van der Waals surface area contributed by atoms with Crippen molar-refractivity contribution in [2.24, 2.45) is 5.41 Å². The van der Waals surface area contributed by atoms with Gasteiger partial charge in [-0.3, -0.25) is 0 Å². The van der Waals surface area contributed by atoms with Crippen molar-refractivity contribution < 1.29 is 20.4 Å². The molecule has 0 bridgehead atoms. The van der Waals surface area contributed by atoms with Crippen LogP contribution in [-0.4, -0.2) is 43.8 Å². The van der Waals surface area contributed by atoms with Gasteiger partial charge in [-0.25, -0.2) is 0 Å². The highest BCUT2D eigenvalue weighted by Gasteiger charge is 2.58. The van der Waals surface area contributed by atoms with E-state index in [0.29, 0.717) is 6.42 Å². The van der Waals surface area contributed by atoms with Crippen LogP contribution in [0.4, 0.5) is 0 Å². The van der Waals surface area contributed by atoms with Crippen LogP contribution < -0.4 is 0 Å². The first kappa shape index (κ1) is 14.6. The molecule has 0 amide bonds. The first-order chi connectivity index (χ1) is 7.52. The number of aliphatic hydroxyl groups excluding tert-OH is 2. The summed E-state index contributed by atoms with van der Waals surface area (Å²) in [4.78, 5) is 0. The molecule has 4 nitrogen and oxygen atoms in total. The lowest BCUT2D eigenvalue weighted by Crippen LogP contribution is -2.65. The second-order valence-electron chi connectivity index (χ2n) is 6.09. The van der Waals surface area contributed by atoms with Gasteiger partial charge in [0.15, 0.2) is 0 Å². The zero-order valence-electron chi connectivity index (χ0n) is 11.0.